The van der Waals surface area contributed by atoms with Crippen molar-refractivity contribution in [1.29, 1.82) is 0 Å². The number of nitrogens with two attached hydrogens (primary N) is 1. The van der Waals surface area contributed by atoms with Gasteiger partial charge in [-0.3, -0.25) is 0 Å². The first kappa shape index (κ1) is 13.6. The number of sulfone groups is 1. The highest BCUT2D eigenvalue weighted by Gasteiger charge is 2.40. The molecule has 8 heteroatoms. The molecular weight excluding hydrogens is 274 g/mol. The van der Waals surface area contributed by atoms with Crippen LogP contribution in [0.25, 0.3) is 0 Å². The van der Waals surface area contributed by atoms with E-state index in [1.165, 1.54) is 0 Å². The van der Waals surface area contributed by atoms with Gasteiger partial charge in [-0.25, -0.2) is 8.42 Å². The molecule has 1 aliphatic carbocycles. The largest absolute Gasteiger partial charge is 0.385 e. The van der Waals surface area contributed by atoms with Crippen LogP contribution in [0.4, 0.5) is 10.8 Å². The average molecular weight is 291 g/mol. The zero-order chi connectivity index (χ0) is 13.2. The molecule has 1 saturated carbocycles. The Hall–Kier alpha value is -0.860. The molecule has 6 nitrogen and oxygen atoms in total. The highest BCUT2D eigenvalue weighted by Crippen LogP contribution is 2.40. The van der Waals surface area contributed by atoms with Crippen LogP contribution in [-0.4, -0.2) is 38.3 Å². The van der Waals surface area contributed by atoms with Gasteiger partial charge in [0.05, 0.1) is 5.25 Å². The van der Waals surface area contributed by atoms with Gasteiger partial charge >= 0.3 is 0 Å². The topological polar surface area (TPSA) is 94.3 Å². The molecule has 1 heterocycles. The van der Waals surface area contributed by atoms with Crippen molar-refractivity contribution in [3.05, 3.63) is 0 Å². The fraction of sp³-hybridized carbons (Fsp3) is 0.700. The molecule has 0 aliphatic heterocycles. The summed E-state index contributed by atoms with van der Waals surface area (Å²) in [6.07, 6.45) is 2.25. The third-order valence-corrected chi connectivity index (χ3v) is 6.01. The predicted molar refractivity (Wildman–Crippen MR) is 71.7 cm³/mol. The summed E-state index contributed by atoms with van der Waals surface area (Å²) in [7, 11) is -1.66. The van der Waals surface area contributed by atoms with Crippen molar-refractivity contribution in [2.45, 2.75) is 29.4 Å². The lowest BCUT2D eigenvalue weighted by atomic mass is 10.4. The lowest BCUT2D eigenvalue weighted by Gasteiger charge is -2.07. The molecule has 0 radical (unpaired) electrons. The number of hydrogen-bond acceptors (Lipinski definition) is 7. The SMILES string of the molecule is COCCCNc1snc(N)c1S(=O)(=O)C1CC1. The third-order valence-electron chi connectivity index (χ3n) is 2.73. The highest BCUT2D eigenvalue weighted by molar-refractivity contribution is 7.92. The van der Waals surface area contributed by atoms with Crippen LogP contribution < -0.4 is 11.1 Å². The van der Waals surface area contributed by atoms with Crippen LogP contribution in [0.2, 0.25) is 0 Å². The Morgan fingerprint density at radius 1 is 1.56 bits per heavy atom. The summed E-state index contributed by atoms with van der Waals surface area (Å²) in [6.45, 7) is 1.27. The van der Waals surface area contributed by atoms with E-state index >= 15 is 0 Å². The van der Waals surface area contributed by atoms with Gasteiger partial charge in [0.1, 0.15) is 9.90 Å². The van der Waals surface area contributed by atoms with Gasteiger partial charge in [0.2, 0.25) is 0 Å². The van der Waals surface area contributed by atoms with Crippen molar-refractivity contribution in [2.24, 2.45) is 0 Å². The maximum Gasteiger partial charge on any atom is 0.187 e. The number of ether oxygens (including phenoxy) is 1. The lowest BCUT2D eigenvalue weighted by molar-refractivity contribution is 0.198. The van der Waals surface area contributed by atoms with Gasteiger partial charge in [0.25, 0.3) is 0 Å². The smallest absolute Gasteiger partial charge is 0.187 e. The number of hydrogen-bond donors (Lipinski definition) is 2. The minimum Gasteiger partial charge on any atom is -0.385 e. The lowest BCUT2D eigenvalue weighted by Crippen LogP contribution is -2.12. The van der Waals surface area contributed by atoms with Crippen LogP contribution in [0, 0.1) is 0 Å². The van der Waals surface area contributed by atoms with Crippen molar-refractivity contribution in [1.82, 2.24) is 4.37 Å². The third kappa shape index (κ3) is 2.76. The molecule has 0 atom stereocenters. The summed E-state index contributed by atoms with van der Waals surface area (Å²) >= 11 is 1.10. The van der Waals surface area contributed by atoms with E-state index in [9.17, 15) is 8.42 Å². The first-order valence-electron chi connectivity index (χ1n) is 5.79. The van der Waals surface area contributed by atoms with Gasteiger partial charge in [-0.2, -0.15) is 4.37 Å². The fourth-order valence-corrected chi connectivity index (χ4v) is 4.56. The van der Waals surface area contributed by atoms with Crippen LogP contribution in [0.1, 0.15) is 19.3 Å². The molecule has 1 aromatic heterocycles. The minimum absolute atomic E-state index is 0.112. The van der Waals surface area contributed by atoms with Crippen molar-refractivity contribution in [3.8, 4) is 0 Å². The van der Waals surface area contributed by atoms with Crippen molar-refractivity contribution in [2.75, 3.05) is 31.3 Å². The second-order valence-electron chi connectivity index (χ2n) is 4.24. The Labute approximate surface area is 111 Å². The molecule has 18 heavy (non-hydrogen) atoms. The molecule has 0 bridgehead atoms. The van der Waals surface area contributed by atoms with E-state index in [0.717, 1.165) is 30.8 Å². The van der Waals surface area contributed by atoms with Crippen LogP contribution in [0.15, 0.2) is 4.90 Å². The number of nitrogens with one attached hydrogen (secondary N) is 1. The van der Waals surface area contributed by atoms with Crippen LogP contribution in [-0.2, 0) is 14.6 Å². The number of nitrogens with zero attached hydrogens (tertiary/aromatic N) is 1. The Balaban J connectivity index is 2.12. The molecule has 2 rings (SSSR count). The number of aromatic nitrogens is 1. The molecule has 0 aromatic carbocycles. The summed E-state index contributed by atoms with van der Waals surface area (Å²) in [5.41, 5.74) is 5.68. The van der Waals surface area contributed by atoms with E-state index in [1.54, 1.807) is 7.11 Å². The van der Waals surface area contributed by atoms with Crippen LogP contribution in [0.5, 0.6) is 0 Å². The average Bonchev–Trinajstić information content (AvgIpc) is 3.10. The zero-order valence-corrected chi connectivity index (χ0v) is 11.8. The van der Waals surface area contributed by atoms with E-state index in [1.807, 2.05) is 0 Å². The molecule has 102 valence electrons. The maximum atomic E-state index is 12.2. The van der Waals surface area contributed by atoms with E-state index in [0.29, 0.717) is 18.2 Å². The molecule has 3 N–H and O–H groups in total. The van der Waals surface area contributed by atoms with Gasteiger partial charge in [-0.1, -0.05) is 0 Å². The van der Waals surface area contributed by atoms with Gasteiger partial charge in [-0.15, -0.1) is 0 Å². The molecule has 1 fully saturated rings. The summed E-state index contributed by atoms with van der Waals surface area (Å²) in [5, 5.41) is 3.36. The molecule has 0 unspecified atom stereocenters. The standard InChI is InChI=1S/C10H17N3O3S2/c1-16-6-2-5-12-10-8(9(11)13-17-10)18(14,15)7-3-4-7/h7,12H,2-6H2,1H3,(H2,11,13). The molecule has 0 spiro atoms. The molecule has 0 amide bonds. The monoisotopic (exact) mass is 291 g/mol. The first-order valence-corrected chi connectivity index (χ1v) is 8.11. The summed E-state index contributed by atoms with van der Waals surface area (Å²) in [4.78, 5) is 0.187. The van der Waals surface area contributed by atoms with E-state index < -0.39 is 9.84 Å². The van der Waals surface area contributed by atoms with Crippen molar-refractivity contribution >= 4 is 32.2 Å². The maximum absolute atomic E-state index is 12.2. The van der Waals surface area contributed by atoms with Crippen molar-refractivity contribution in [3.63, 3.8) is 0 Å². The fourth-order valence-electron chi connectivity index (χ4n) is 1.64. The number of rotatable bonds is 7. The summed E-state index contributed by atoms with van der Waals surface area (Å²) < 4.78 is 33.3. The summed E-state index contributed by atoms with van der Waals surface area (Å²) in [5.74, 6) is 0.112. The van der Waals surface area contributed by atoms with Crippen molar-refractivity contribution < 1.29 is 13.2 Å². The van der Waals surface area contributed by atoms with Gasteiger partial charge in [0.15, 0.2) is 15.7 Å². The van der Waals surface area contributed by atoms with Crippen LogP contribution >= 0.6 is 11.5 Å². The second-order valence-corrected chi connectivity index (χ2v) is 7.18. The number of anilines is 2. The molecule has 1 aromatic rings. The molecule has 0 saturated heterocycles. The van der Waals surface area contributed by atoms with E-state index in [4.69, 9.17) is 10.5 Å². The van der Waals surface area contributed by atoms with E-state index in [-0.39, 0.29) is 16.0 Å². The van der Waals surface area contributed by atoms with Gasteiger partial charge in [0, 0.05) is 20.3 Å². The highest BCUT2D eigenvalue weighted by atomic mass is 32.2. The Morgan fingerprint density at radius 3 is 2.89 bits per heavy atom. The summed E-state index contributed by atoms with van der Waals surface area (Å²) in [6, 6.07) is 0. The van der Waals surface area contributed by atoms with Gasteiger partial charge in [-0.05, 0) is 30.8 Å². The Morgan fingerprint density at radius 2 is 2.28 bits per heavy atom. The number of methoxy groups -OCH3 is 1. The zero-order valence-electron chi connectivity index (χ0n) is 10.2. The normalized spacial score (nSPS) is 15.8. The second kappa shape index (κ2) is 5.41. The van der Waals surface area contributed by atoms with E-state index in [2.05, 4.69) is 9.69 Å². The van der Waals surface area contributed by atoms with Crippen LogP contribution in [0.3, 0.4) is 0 Å². The quantitative estimate of drug-likeness (QED) is 0.731. The Kier molecular flexibility index (Phi) is 4.08. The predicted octanol–water partition coefficient (Wildman–Crippen LogP) is 1.11. The number of nitrogen functional groups attached to an aromatic ring is 1. The molecular formula is C10H17N3O3S2. The Bertz CT molecular complexity index is 508. The minimum atomic E-state index is -3.30. The van der Waals surface area contributed by atoms with Gasteiger partial charge < -0.3 is 15.8 Å². The molecule has 1 aliphatic rings. The first-order chi connectivity index (χ1) is 8.57.